The van der Waals surface area contributed by atoms with Crippen LogP contribution in [0.15, 0.2) is 47.4 Å². The van der Waals surface area contributed by atoms with Gasteiger partial charge in [-0.2, -0.15) is 0 Å². The molecule has 0 spiro atoms. The van der Waals surface area contributed by atoms with E-state index in [1.54, 1.807) is 37.3 Å². The van der Waals surface area contributed by atoms with Gasteiger partial charge in [-0.25, -0.2) is 13.1 Å². The maximum Gasteiger partial charge on any atom is 0.255 e. The Morgan fingerprint density at radius 1 is 1.03 bits per heavy atom. The average molecular weight is 430 g/mol. The molecule has 3 rings (SSSR count). The van der Waals surface area contributed by atoms with Crippen molar-refractivity contribution in [2.45, 2.75) is 56.9 Å². The van der Waals surface area contributed by atoms with Crippen molar-refractivity contribution < 1.29 is 18.0 Å². The van der Waals surface area contributed by atoms with Gasteiger partial charge in [-0.3, -0.25) is 9.59 Å². The van der Waals surface area contributed by atoms with E-state index in [-0.39, 0.29) is 22.4 Å². The van der Waals surface area contributed by atoms with Crippen LogP contribution in [0.1, 0.15) is 54.9 Å². The normalized spacial score (nSPS) is 14.5. The maximum absolute atomic E-state index is 12.8. The first-order valence-electron chi connectivity index (χ1n) is 10.1. The molecular weight excluding hydrogens is 402 g/mol. The van der Waals surface area contributed by atoms with Crippen molar-refractivity contribution in [2.75, 3.05) is 10.6 Å². The molecule has 0 bridgehead atoms. The first kappa shape index (κ1) is 22.0. The van der Waals surface area contributed by atoms with Crippen molar-refractivity contribution >= 4 is 33.2 Å². The molecule has 2 aromatic carbocycles. The molecule has 0 unspecified atom stereocenters. The minimum absolute atomic E-state index is 0.0452. The fourth-order valence-corrected chi connectivity index (χ4v) is 4.76. The van der Waals surface area contributed by atoms with E-state index in [1.165, 1.54) is 12.1 Å². The third-order valence-corrected chi connectivity index (χ3v) is 6.69. The summed E-state index contributed by atoms with van der Waals surface area (Å²) in [4.78, 5) is 24.5. The van der Waals surface area contributed by atoms with Gasteiger partial charge in [0, 0.05) is 29.4 Å². The van der Waals surface area contributed by atoms with Gasteiger partial charge in [0.15, 0.2) is 0 Å². The van der Waals surface area contributed by atoms with Crippen LogP contribution in [0.25, 0.3) is 0 Å². The van der Waals surface area contributed by atoms with E-state index in [1.807, 2.05) is 6.92 Å². The van der Waals surface area contributed by atoms with Crippen LogP contribution in [-0.4, -0.2) is 26.3 Å². The molecule has 160 valence electrons. The topological polar surface area (TPSA) is 104 Å². The van der Waals surface area contributed by atoms with Crippen LogP contribution in [-0.2, 0) is 14.8 Å². The summed E-state index contributed by atoms with van der Waals surface area (Å²) in [6.07, 6.45) is 4.07. The molecule has 2 amide bonds. The molecule has 8 heteroatoms. The Morgan fingerprint density at radius 2 is 1.77 bits per heavy atom. The fraction of sp³-hybridized carbons (Fsp3) is 0.364. The molecule has 0 saturated heterocycles. The van der Waals surface area contributed by atoms with Gasteiger partial charge in [-0.05, 0) is 55.7 Å². The van der Waals surface area contributed by atoms with Crippen LogP contribution in [0.4, 0.5) is 11.4 Å². The molecule has 30 heavy (non-hydrogen) atoms. The Kier molecular flexibility index (Phi) is 6.89. The summed E-state index contributed by atoms with van der Waals surface area (Å²) >= 11 is 0. The molecule has 0 aromatic heterocycles. The number of rotatable bonds is 7. The zero-order valence-electron chi connectivity index (χ0n) is 17.2. The lowest BCUT2D eigenvalue weighted by atomic mass is 10.1. The minimum atomic E-state index is -3.68. The minimum Gasteiger partial charge on any atom is -0.326 e. The van der Waals surface area contributed by atoms with Crippen LogP contribution in [0.3, 0.4) is 0 Å². The zero-order valence-corrected chi connectivity index (χ0v) is 18.0. The second kappa shape index (κ2) is 9.40. The lowest BCUT2D eigenvalue weighted by Gasteiger charge is -2.14. The number of aryl methyl sites for hydroxylation is 1. The van der Waals surface area contributed by atoms with Crippen molar-refractivity contribution in [3.8, 4) is 0 Å². The largest absolute Gasteiger partial charge is 0.326 e. The second-order valence-electron chi connectivity index (χ2n) is 7.52. The average Bonchev–Trinajstić information content (AvgIpc) is 3.22. The standard InChI is InChI=1S/C22H27N3O4S/c1-3-21(26)23-18-12-11-15(2)20(14-18)24-22(27)16-7-6-10-19(13-16)30(28,29)25-17-8-4-5-9-17/h6-7,10-14,17,25H,3-5,8-9H2,1-2H3,(H,23,26)(H,24,27). The predicted molar refractivity (Wildman–Crippen MR) is 117 cm³/mol. The number of carbonyl (C=O) groups excluding carboxylic acids is 2. The summed E-state index contributed by atoms with van der Waals surface area (Å²) in [6.45, 7) is 3.60. The molecule has 3 N–H and O–H groups in total. The van der Waals surface area contributed by atoms with E-state index in [0.29, 0.717) is 17.8 Å². The molecule has 1 aliphatic carbocycles. The van der Waals surface area contributed by atoms with E-state index in [4.69, 9.17) is 0 Å². The molecule has 1 fully saturated rings. The molecule has 7 nitrogen and oxygen atoms in total. The third-order valence-electron chi connectivity index (χ3n) is 5.17. The van der Waals surface area contributed by atoms with Crippen molar-refractivity contribution in [2.24, 2.45) is 0 Å². The highest BCUT2D eigenvalue weighted by atomic mass is 32.2. The van der Waals surface area contributed by atoms with Crippen molar-refractivity contribution in [3.05, 3.63) is 53.6 Å². The molecule has 0 atom stereocenters. The van der Waals surface area contributed by atoms with Crippen LogP contribution in [0.5, 0.6) is 0 Å². The van der Waals surface area contributed by atoms with Crippen LogP contribution in [0, 0.1) is 6.92 Å². The third kappa shape index (κ3) is 5.46. The Labute approximate surface area is 177 Å². The fourth-order valence-electron chi connectivity index (χ4n) is 3.41. The van der Waals surface area contributed by atoms with E-state index in [9.17, 15) is 18.0 Å². The second-order valence-corrected chi connectivity index (χ2v) is 9.23. The van der Waals surface area contributed by atoms with Gasteiger partial charge in [-0.15, -0.1) is 0 Å². The quantitative estimate of drug-likeness (QED) is 0.622. The molecule has 0 heterocycles. The smallest absolute Gasteiger partial charge is 0.255 e. The van der Waals surface area contributed by atoms with E-state index in [2.05, 4.69) is 15.4 Å². The van der Waals surface area contributed by atoms with Crippen molar-refractivity contribution in [3.63, 3.8) is 0 Å². The highest BCUT2D eigenvalue weighted by molar-refractivity contribution is 7.89. The van der Waals surface area contributed by atoms with Crippen LogP contribution in [0.2, 0.25) is 0 Å². The summed E-state index contributed by atoms with van der Waals surface area (Å²) in [5.74, 6) is -0.543. The van der Waals surface area contributed by atoms with Gasteiger partial charge in [0.1, 0.15) is 0 Å². The van der Waals surface area contributed by atoms with Gasteiger partial charge in [-0.1, -0.05) is 31.9 Å². The number of hydrogen-bond donors (Lipinski definition) is 3. The number of nitrogens with one attached hydrogen (secondary N) is 3. The number of hydrogen-bond acceptors (Lipinski definition) is 4. The maximum atomic E-state index is 12.8. The molecule has 1 saturated carbocycles. The van der Waals surface area contributed by atoms with Gasteiger partial charge < -0.3 is 10.6 Å². The number of amides is 2. The molecule has 2 aromatic rings. The van der Waals surface area contributed by atoms with Gasteiger partial charge in [0.2, 0.25) is 15.9 Å². The highest BCUT2D eigenvalue weighted by Gasteiger charge is 2.23. The van der Waals surface area contributed by atoms with Gasteiger partial charge in [0.25, 0.3) is 5.91 Å². The molecule has 1 aliphatic rings. The zero-order chi connectivity index (χ0) is 21.7. The first-order valence-corrected chi connectivity index (χ1v) is 11.6. The summed E-state index contributed by atoms with van der Waals surface area (Å²) in [5, 5.41) is 5.56. The lowest BCUT2D eigenvalue weighted by Crippen LogP contribution is -2.32. The predicted octanol–water partition coefficient (Wildman–Crippen LogP) is 3.82. The Morgan fingerprint density at radius 3 is 2.47 bits per heavy atom. The molecule has 0 radical (unpaired) electrons. The Hall–Kier alpha value is -2.71. The number of carbonyl (C=O) groups is 2. The van der Waals surface area contributed by atoms with Crippen LogP contribution < -0.4 is 15.4 Å². The lowest BCUT2D eigenvalue weighted by molar-refractivity contribution is -0.115. The van der Waals surface area contributed by atoms with E-state index < -0.39 is 15.9 Å². The summed E-state index contributed by atoms with van der Waals surface area (Å²) in [7, 11) is -3.68. The highest BCUT2D eigenvalue weighted by Crippen LogP contribution is 2.23. The number of sulfonamides is 1. The van der Waals surface area contributed by atoms with Gasteiger partial charge in [0.05, 0.1) is 4.90 Å². The SMILES string of the molecule is CCC(=O)Nc1ccc(C)c(NC(=O)c2cccc(S(=O)(=O)NC3CCCC3)c2)c1. The van der Waals surface area contributed by atoms with Crippen LogP contribution >= 0.6 is 0 Å². The van der Waals surface area contributed by atoms with E-state index in [0.717, 1.165) is 31.2 Å². The first-order chi connectivity index (χ1) is 14.3. The Bertz CT molecular complexity index is 1040. The molecular formula is C22H27N3O4S. The van der Waals surface area contributed by atoms with E-state index >= 15 is 0 Å². The summed E-state index contributed by atoms with van der Waals surface area (Å²) in [5.41, 5.74) is 2.20. The monoisotopic (exact) mass is 429 g/mol. The number of anilines is 2. The summed E-state index contributed by atoms with van der Waals surface area (Å²) < 4.78 is 28.1. The summed E-state index contributed by atoms with van der Waals surface area (Å²) in [6, 6.07) is 11.2. The van der Waals surface area contributed by atoms with Gasteiger partial charge >= 0.3 is 0 Å². The molecule has 0 aliphatic heterocycles. The number of benzene rings is 2. The van der Waals surface area contributed by atoms with Crippen molar-refractivity contribution in [1.82, 2.24) is 4.72 Å². The van der Waals surface area contributed by atoms with Crippen molar-refractivity contribution in [1.29, 1.82) is 0 Å². The Balaban J connectivity index is 1.77.